The van der Waals surface area contributed by atoms with Crippen LogP contribution in [0.4, 0.5) is 5.69 Å². The summed E-state index contributed by atoms with van der Waals surface area (Å²) in [4.78, 5) is 23.0. The molecule has 0 amide bonds. The van der Waals surface area contributed by atoms with Crippen LogP contribution in [0.15, 0.2) is 64.5 Å². The summed E-state index contributed by atoms with van der Waals surface area (Å²) in [7, 11) is -1.69. The van der Waals surface area contributed by atoms with Crippen LogP contribution in [0.25, 0.3) is 0 Å². The summed E-state index contributed by atoms with van der Waals surface area (Å²) in [6, 6.07) is 13.0. The van der Waals surface area contributed by atoms with Gasteiger partial charge in [-0.15, -0.1) is 0 Å². The summed E-state index contributed by atoms with van der Waals surface area (Å²) in [6.07, 6.45) is 0.950. The Morgan fingerprint density at radius 3 is 2.25 bits per heavy atom. The molecule has 1 N–H and O–H groups in total. The average Bonchev–Trinajstić information content (AvgIpc) is 2.73. The molecule has 0 aromatic heterocycles. The first kappa shape index (κ1) is 20.7. The van der Waals surface area contributed by atoms with Crippen LogP contribution in [-0.2, 0) is 19.3 Å². The molecule has 8 nitrogen and oxygen atoms in total. The van der Waals surface area contributed by atoms with E-state index < -0.39 is 26.7 Å². The lowest BCUT2D eigenvalue weighted by atomic mass is 10.1. The van der Waals surface area contributed by atoms with Gasteiger partial charge in [-0.2, -0.15) is 5.26 Å². The molecule has 0 spiro atoms. The highest BCUT2D eigenvalue weighted by molar-refractivity contribution is 7.95. The molecule has 0 fully saturated rings. The van der Waals surface area contributed by atoms with Gasteiger partial charge in [0, 0.05) is 6.20 Å². The fourth-order valence-corrected chi connectivity index (χ4v) is 3.34. The highest BCUT2D eigenvalue weighted by atomic mass is 32.2. The third kappa shape index (κ3) is 4.36. The van der Waals surface area contributed by atoms with Gasteiger partial charge in [-0.3, -0.25) is 0 Å². The molecule has 0 radical (unpaired) electrons. The molecule has 0 unspecified atom stereocenters. The van der Waals surface area contributed by atoms with Crippen molar-refractivity contribution in [2.24, 2.45) is 0 Å². The second-order valence-corrected chi connectivity index (χ2v) is 7.24. The number of hydrogen-bond donors (Lipinski definition) is 1. The molecule has 0 bridgehead atoms. The minimum Gasteiger partial charge on any atom is -0.465 e. The fourth-order valence-electron chi connectivity index (χ4n) is 2.24. The minimum atomic E-state index is -4.06. The summed E-state index contributed by atoms with van der Waals surface area (Å²) in [6.45, 7) is 0. The largest absolute Gasteiger partial charge is 0.465 e. The fraction of sp³-hybridized carbons (Fsp3) is 0.105. The molecule has 9 heteroatoms. The smallest absolute Gasteiger partial charge is 0.339 e. The Kier molecular flexibility index (Phi) is 6.52. The van der Waals surface area contributed by atoms with E-state index in [1.165, 1.54) is 56.7 Å². The molecule has 0 atom stereocenters. The lowest BCUT2D eigenvalue weighted by Gasteiger charge is -2.10. The maximum Gasteiger partial charge on any atom is 0.339 e. The SMILES string of the molecule is COC(=O)c1ccc(C(=O)OC)c(NC=C(C#N)S(=O)(=O)c2ccccc2)c1. The lowest BCUT2D eigenvalue weighted by molar-refractivity contribution is 0.0587. The first-order chi connectivity index (χ1) is 13.3. The van der Waals surface area contributed by atoms with Crippen LogP contribution >= 0.6 is 0 Å². The Bertz CT molecular complexity index is 1070. The summed E-state index contributed by atoms with van der Waals surface area (Å²) in [5.74, 6) is -1.36. The van der Waals surface area contributed by atoms with E-state index >= 15 is 0 Å². The number of methoxy groups -OCH3 is 2. The maximum absolute atomic E-state index is 12.6. The number of ether oxygens (including phenoxy) is 2. The number of anilines is 1. The molecular weight excluding hydrogens is 384 g/mol. The van der Waals surface area contributed by atoms with E-state index in [2.05, 4.69) is 14.8 Å². The standard InChI is InChI=1S/C19H16N2O6S/c1-26-18(22)13-8-9-16(19(23)27-2)17(10-13)21-12-15(11-20)28(24,25)14-6-4-3-5-7-14/h3-10,12,21H,1-2H3. The molecule has 144 valence electrons. The van der Waals surface area contributed by atoms with E-state index in [9.17, 15) is 23.3 Å². The molecule has 0 aliphatic carbocycles. The van der Waals surface area contributed by atoms with E-state index in [0.717, 1.165) is 6.20 Å². The maximum atomic E-state index is 12.6. The first-order valence-corrected chi connectivity index (χ1v) is 9.31. The van der Waals surface area contributed by atoms with Crippen LogP contribution < -0.4 is 5.32 Å². The quantitative estimate of drug-likeness (QED) is 0.580. The first-order valence-electron chi connectivity index (χ1n) is 7.82. The van der Waals surface area contributed by atoms with E-state index in [-0.39, 0.29) is 21.7 Å². The zero-order valence-corrected chi connectivity index (χ0v) is 15.8. The van der Waals surface area contributed by atoms with Crippen LogP contribution in [0.3, 0.4) is 0 Å². The van der Waals surface area contributed by atoms with Crippen molar-refractivity contribution in [1.29, 1.82) is 5.26 Å². The van der Waals surface area contributed by atoms with Crippen molar-refractivity contribution in [2.45, 2.75) is 4.90 Å². The molecule has 2 aromatic carbocycles. The van der Waals surface area contributed by atoms with Crippen molar-refractivity contribution in [3.05, 3.63) is 70.8 Å². The number of nitriles is 1. The predicted molar refractivity (Wildman–Crippen MR) is 100 cm³/mol. The van der Waals surface area contributed by atoms with Gasteiger partial charge in [0.1, 0.15) is 6.07 Å². The number of rotatable bonds is 6. The number of carbonyl (C=O) groups excluding carboxylic acids is 2. The zero-order chi connectivity index (χ0) is 20.7. The van der Waals surface area contributed by atoms with Gasteiger partial charge in [-0.25, -0.2) is 18.0 Å². The second kappa shape index (κ2) is 8.83. The van der Waals surface area contributed by atoms with Crippen LogP contribution in [-0.4, -0.2) is 34.6 Å². The number of sulfone groups is 1. The Hall–Kier alpha value is -3.64. The van der Waals surface area contributed by atoms with Crippen molar-refractivity contribution >= 4 is 27.5 Å². The highest BCUT2D eigenvalue weighted by Gasteiger charge is 2.21. The van der Waals surface area contributed by atoms with Gasteiger partial charge < -0.3 is 14.8 Å². The van der Waals surface area contributed by atoms with E-state index in [1.807, 2.05) is 0 Å². The molecule has 0 saturated carbocycles. The summed E-state index contributed by atoms with van der Waals surface area (Å²) in [5.41, 5.74) is 0.238. The highest BCUT2D eigenvalue weighted by Crippen LogP contribution is 2.22. The van der Waals surface area contributed by atoms with Crippen molar-refractivity contribution in [2.75, 3.05) is 19.5 Å². The van der Waals surface area contributed by atoms with E-state index in [0.29, 0.717) is 0 Å². The topological polar surface area (TPSA) is 123 Å². The van der Waals surface area contributed by atoms with Crippen LogP contribution in [0.2, 0.25) is 0 Å². The molecule has 2 rings (SSSR count). The van der Waals surface area contributed by atoms with Crippen molar-refractivity contribution in [3.63, 3.8) is 0 Å². The van der Waals surface area contributed by atoms with Gasteiger partial charge in [-0.05, 0) is 30.3 Å². The Balaban J connectivity index is 2.48. The Morgan fingerprint density at radius 2 is 1.68 bits per heavy atom. The number of hydrogen-bond acceptors (Lipinski definition) is 8. The van der Waals surface area contributed by atoms with Crippen molar-refractivity contribution in [1.82, 2.24) is 0 Å². The normalized spacial score (nSPS) is 11.2. The monoisotopic (exact) mass is 400 g/mol. The summed E-state index contributed by atoms with van der Waals surface area (Å²) < 4.78 is 34.5. The number of nitrogens with one attached hydrogen (secondary N) is 1. The summed E-state index contributed by atoms with van der Waals surface area (Å²) in [5, 5.41) is 11.9. The van der Waals surface area contributed by atoms with Crippen molar-refractivity contribution in [3.8, 4) is 6.07 Å². The summed E-state index contributed by atoms with van der Waals surface area (Å²) >= 11 is 0. The Labute approximate surface area is 161 Å². The molecule has 2 aromatic rings. The third-order valence-corrected chi connectivity index (χ3v) is 5.34. The lowest BCUT2D eigenvalue weighted by Crippen LogP contribution is -2.10. The molecule has 28 heavy (non-hydrogen) atoms. The van der Waals surface area contributed by atoms with Crippen molar-refractivity contribution < 1.29 is 27.5 Å². The zero-order valence-electron chi connectivity index (χ0n) is 15.0. The van der Waals surface area contributed by atoms with Gasteiger partial charge in [0.25, 0.3) is 0 Å². The van der Waals surface area contributed by atoms with Crippen LogP contribution in [0.1, 0.15) is 20.7 Å². The molecular formula is C19H16N2O6S. The molecule has 0 aliphatic heterocycles. The van der Waals surface area contributed by atoms with Crippen LogP contribution in [0, 0.1) is 11.3 Å². The molecule has 0 aliphatic rings. The number of esters is 2. The second-order valence-electron chi connectivity index (χ2n) is 5.32. The molecule has 0 saturated heterocycles. The van der Waals surface area contributed by atoms with Gasteiger partial charge in [-0.1, -0.05) is 18.2 Å². The third-order valence-electron chi connectivity index (χ3n) is 3.66. The van der Waals surface area contributed by atoms with Gasteiger partial charge in [0.05, 0.1) is 35.9 Å². The Morgan fingerprint density at radius 1 is 1.04 bits per heavy atom. The molecule has 0 heterocycles. The van der Waals surface area contributed by atoms with Gasteiger partial charge in [0.15, 0.2) is 4.91 Å². The van der Waals surface area contributed by atoms with Gasteiger partial charge in [0.2, 0.25) is 9.84 Å². The number of carbonyl (C=O) groups is 2. The average molecular weight is 400 g/mol. The minimum absolute atomic E-state index is 0.0424. The van der Waals surface area contributed by atoms with E-state index in [1.54, 1.807) is 12.1 Å². The van der Waals surface area contributed by atoms with E-state index in [4.69, 9.17) is 0 Å². The van der Waals surface area contributed by atoms with Crippen LogP contribution in [0.5, 0.6) is 0 Å². The number of benzene rings is 2. The number of nitrogens with zero attached hydrogens (tertiary/aromatic N) is 1. The predicted octanol–water partition coefficient (Wildman–Crippen LogP) is 2.51. The number of allylic oxidation sites excluding steroid dienone is 1. The van der Waals surface area contributed by atoms with Gasteiger partial charge >= 0.3 is 11.9 Å².